The largest absolute Gasteiger partial charge is 0.395 e. The van der Waals surface area contributed by atoms with Gasteiger partial charge in [0.25, 0.3) is 10.0 Å². The van der Waals surface area contributed by atoms with Crippen molar-refractivity contribution in [2.45, 2.75) is 42.2 Å². The second-order valence-corrected chi connectivity index (χ2v) is 10.4. The maximum Gasteiger partial charge on any atom is 0.266 e. The molecule has 2 aliphatic rings. The van der Waals surface area contributed by atoms with E-state index in [1.165, 1.54) is 18.3 Å². The number of fused-ring (bicyclic) bond motifs is 1. The van der Waals surface area contributed by atoms with Crippen molar-refractivity contribution in [1.29, 1.82) is 0 Å². The van der Waals surface area contributed by atoms with Gasteiger partial charge in [-0.3, -0.25) is 9.62 Å². The summed E-state index contributed by atoms with van der Waals surface area (Å²) < 4.78 is 42.0. The number of rotatable bonds is 7. The van der Waals surface area contributed by atoms with Crippen LogP contribution in [-0.4, -0.2) is 54.7 Å². The van der Waals surface area contributed by atoms with Crippen LogP contribution in [0.3, 0.4) is 0 Å². The standard InChI is InChI=1S/C18H22ClFN4O3S2/c19-15-13(22-11-18-5-1-8-24(18)12(10-25)4-6-18)2-3-14(16(15)20)29(26,27)23-17-21-7-9-28-17/h2-3,7,9,12,22,25H,1,4-6,8,10-11H2,(H,21,23). The topological polar surface area (TPSA) is 94.6 Å². The molecule has 2 aromatic rings. The number of nitrogens with zero attached hydrogens (tertiary/aromatic N) is 2. The third kappa shape index (κ3) is 3.84. The van der Waals surface area contributed by atoms with E-state index in [1.54, 1.807) is 5.38 Å². The summed E-state index contributed by atoms with van der Waals surface area (Å²) in [6, 6.07) is 2.85. The van der Waals surface area contributed by atoms with Gasteiger partial charge >= 0.3 is 0 Å². The number of aromatic nitrogens is 1. The molecule has 2 atom stereocenters. The van der Waals surface area contributed by atoms with Gasteiger partial charge in [-0.2, -0.15) is 0 Å². The van der Waals surface area contributed by atoms with Crippen molar-refractivity contribution in [1.82, 2.24) is 9.88 Å². The summed E-state index contributed by atoms with van der Waals surface area (Å²) in [5.41, 5.74) is 0.274. The summed E-state index contributed by atoms with van der Waals surface area (Å²) >= 11 is 7.27. The van der Waals surface area contributed by atoms with E-state index in [0.29, 0.717) is 12.2 Å². The monoisotopic (exact) mass is 460 g/mol. The summed E-state index contributed by atoms with van der Waals surface area (Å²) in [5.74, 6) is -0.999. The molecule has 2 unspecified atom stereocenters. The van der Waals surface area contributed by atoms with Crippen LogP contribution in [0.4, 0.5) is 15.2 Å². The molecule has 1 aromatic heterocycles. The normalized spacial score (nSPS) is 24.6. The molecule has 2 aliphatic heterocycles. The van der Waals surface area contributed by atoms with Crippen LogP contribution in [0.5, 0.6) is 0 Å². The van der Waals surface area contributed by atoms with E-state index < -0.39 is 20.7 Å². The lowest BCUT2D eigenvalue weighted by atomic mass is 9.94. The van der Waals surface area contributed by atoms with Crippen molar-refractivity contribution >= 4 is 43.8 Å². The molecule has 0 spiro atoms. The number of hydrogen-bond donors (Lipinski definition) is 3. The number of aliphatic hydroxyl groups is 1. The maximum atomic E-state index is 14.8. The molecule has 7 nitrogen and oxygen atoms in total. The highest BCUT2D eigenvalue weighted by atomic mass is 35.5. The molecule has 3 heterocycles. The predicted octanol–water partition coefficient (Wildman–Crippen LogP) is 3.14. The minimum Gasteiger partial charge on any atom is -0.395 e. The highest BCUT2D eigenvalue weighted by Gasteiger charge is 2.48. The number of thiazole rings is 1. The van der Waals surface area contributed by atoms with Gasteiger partial charge in [0.15, 0.2) is 10.9 Å². The number of hydrogen-bond acceptors (Lipinski definition) is 7. The minimum absolute atomic E-state index is 0.0790. The molecule has 0 bridgehead atoms. The van der Waals surface area contributed by atoms with Crippen LogP contribution in [0, 0.1) is 5.82 Å². The van der Waals surface area contributed by atoms with Crippen LogP contribution in [0.1, 0.15) is 25.7 Å². The van der Waals surface area contributed by atoms with Crippen molar-refractivity contribution in [3.8, 4) is 0 Å². The minimum atomic E-state index is -4.14. The Labute approximate surface area is 178 Å². The fraction of sp³-hybridized carbons (Fsp3) is 0.500. The molecule has 158 valence electrons. The van der Waals surface area contributed by atoms with Crippen molar-refractivity contribution in [3.05, 3.63) is 34.5 Å². The summed E-state index contributed by atoms with van der Waals surface area (Å²) in [6.07, 6.45) is 5.39. The fourth-order valence-electron chi connectivity index (χ4n) is 4.44. The Balaban J connectivity index is 1.52. The van der Waals surface area contributed by atoms with Crippen LogP contribution in [-0.2, 0) is 10.0 Å². The Bertz CT molecular complexity index is 989. The molecule has 2 fully saturated rings. The molecular weight excluding hydrogens is 439 g/mol. The Morgan fingerprint density at radius 3 is 2.97 bits per heavy atom. The molecule has 0 radical (unpaired) electrons. The lowest BCUT2D eigenvalue weighted by Gasteiger charge is -2.35. The smallest absolute Gasteiger partial charge is 0.266 e. The number of sulfonamides is 1. The van der Waals surface area contributed by atoms with E-state index in [-0.39, 0.29) is 28.3 Å². The first-order valence-corrected chi connectivity index (χ1v) is 12.1. The maximum absolute atomic E-state index is 14.8. The highest BCUT2D eigenvalue weighted by Crippen LogP contribution is 2.43. The molecule has 29 heavy (non-hydrogen) atoms. The van der Waals surface area contributed by atoms with E-state index in [0.717, 1.165) is 43.6 Å². The van der Waals surface area contributed by atoms with Crippen LogP contribution in [0.2, 0.25) is 5.02 Å². The van der Waals surface area contributed by atoms with Gasteiger partial charge in [0.2, 0.25) is 0 Å². The predicted molar refractivity (Wildman–Crippen MR) is 112 cm³/mol. The number of anilines is 2. The average molecular weight is 461 g/mol. The van der Waals surface area contributed by atoms with Gasteiger partial charge in [-0.1, -0.05) is 11.6 Å². The Morgan fingerprint density at radius 1 is 1.41 bits per heavy atom. The van der Waals surface area contributed by atoms with Gasteiger partial charge in [-0.25, -0.2) is 17.8 Å². The van der Waals surface area contributed by atoms with E-state index in [4.69, 9.17) is 11.6 Å². The SMILES string of the molecule is O=S(=O)(Nc1nccs1)c1ccc(NCC23CCCN2C(CO)CC3)c(Cl)c1F. The lowest BCUT2D eigenvalue weighted by molar-refractivity contribution is 0.113. The summed E-state index contributed by atoms with van der Waals surface area (Å²) in [5, 5.41) is 14.3. The quantitative estimate of drug-likeness (QED) is 0.587. The van der Waals surface area contributed by atoms with Crippen molar-refractivity contribution in [2.24, 2.45) is 0 Å². The molecule has 4 rings (SSSR count). The summed E-state index contributed by atoms with van der Waals surface area (Å²) in [6.45, 7) is 1.64. The van der Waals surface area contributed by atoms with E-state index in [1.807, 2.05) is 0 Å². The summed E-state index contributed by atoms with van der Waals surface area (Å²) in [7, 11) is -4.14. The number of halogens is 2. The zero-order chi connectivity index (χ0) is 20.6. The van der Waals surface area contributed by atoms with Gasteiger partial charge in [0, 0.05) is 29.7 Å². The Hall–Kier alpha value is -1.46. The van der Waals surface area contributed by atoms with Gasteiger partial charge in [-0.05, 0) is 44.4 Å². The highest BCUT2D eigenvalue weighted by molar-refractivity contribution is 7.93. The van der Waals surface area contributed by atoms with Gasteiger partial charge in [0.1, 0.15) is 9.92 Å². The molecule has 3 N–H and O–H groups in total. The number of nitrogens with one attached hydrogen (secondary N) is 2. The van der Waals surface area contributed by atoms with Crippen LogP contribution < -0.4 is 10.0 Å². The lowest BCUT2D eigenvalue weighted by Crippen LogP contribution is -2.48. The molecular formula is C18H22ClFN4O3S2. The zero-order valence-corrected chi connectivity index (χ0v) is 18.0. The first-order valence-electron chi connectivity index (χ1n) is 9.38. The third-order valence-corrected chi connectivity index (χ3v) is 8.39. The third-order valence-electron chi connectivity index (χ3n) is 5.84. The van der Waals surface area contributed by atoms with Gasteiger partial charge in [-0.15, -0.1) is 11.3 Å². The zero-order valence-electron chi connectivity index (χ0n) is 15.6. The van der Waals surface area contributed by atoms with E-state index in [9.17, 15) is 17.9 Å². The van der Waals surface area contributed by atoms with E-state index >= 15 is 0 Å². The average Bonchev–Trinajstić information content (AvgIpc) is 3.39. The molecule has 0 saturated carbocycles. The van der Waals surface area contributed by atoms with Crippen molar-refractivity contribution in [2.75, 3.05) is 29.7 Å². The number of benzene rings is 1. The Morgan fingerprint density at radius 2 is 2.24 bits per heavy atom. The van der Waals surface area contributed by atoms with Crippen LogP contribution in [0.15, 0.2) is 28.6 Å². The number of aliphatic hydroxyl groups excluding tert-OH is 1. The van der Waals surface area contributed by atoms with Crippen LogP contribution >= 0.6 is 22.9 Å². The molecule has 0 aliphatic carbocycles. The fourth-order valence-corrected chi connectivity index (χ4v) is 6.60. The van der Waals surface area contributed by atoms with Crippen molar-refractivity contribution < 1.29 is 17.9 Å². The molecule has 2 saturated heterocycles. The first kappa shape index (κ1) is 20.8. The molecule has 1 aromatic carbocycles. The molecule has 0 amide bonds. The van der Waals surface area contributed by atoms with Gasteiger partial charge < -0.3 is 10.4 Å². The van der Waals surface area contributed by atoms with E-state index in [2.05, 4.69) is 19.9 Å². The Kier molecular flexibility index (Phi) is 5.73. The second-order valence-electron chi connectivity index (χ2n) is 7.43. The molecule has 11 heteroatoms. The van der Waals surface area contributed by atoms with Crippen molar-refractivity contribution in [3.63, 3.8) is 0 Å². The first-order chi connectivity index (χ1) is 13.9. The second kappa shape index (κ2) is 7.99. The summed E-state index contributed by atoms with van der Waals surface area (Å²) in [4.78, 5) is 5.66. The van der Waals surface area contributed by atoms with Gasteiger partial charge in [0.05, 0.1) is 12.3 Å². The van der Waals surface area contributed by atoms with Crippen LogP contribution in [0.25, 0.3) is 0 Å².